The predicted octanol–water partition coefficient (Wildman–Crippen LogP) is 37.3. The van der Waals surface area contributed by atoms with Gasteiger partial charge in [-0.2, -0.15) is 27.0 Å². The molecule has 0 heterocycles. The summed E-state index contributed by atoms with van der Waals surface area (Å²) in [5.41, 5.74) is 57.4. The van der Waals surface area contributed by atoms with E-state index >= 15 is 0 Å². The first-order valence-electron chi connectivity index (χ1n) is 33.5. The number of hydrogen-bond donors (Lipinski definition) is 9. The van der Waals surface area contributed by atoms with Crippen LogP contribution in [0, 0.1) is 75.4 Å². The highest BCUT2D eigenvalue weighted by Gasteiger charge is 2.25. The van der Waals surface area contributed by atoms with E-state index in [4.69, 9.17) is 44.2 Å². The minimum atomic E-state index is -0.684. The van der Waals surface area contributed by atoms with E-state index < -0.39 is 34.9 Å². The first-order valence-corrected chi connectivity index (χ1v) is 33.5. The Kier molecular flexibility index (Phi) is 176. The van der Waals surface area contributed by atoms with Crippen molar-refractivity contribution >= 4 is 10.8 Å². The Hall–Kier alpha value is -18.5. The fourth-order valence-corrected chi connectivity index (χ4v) is 8.27. The number of halogens is 6. The maximum atomic E-state index is 14.3. The molecule has 1 aliphatic carbocycles. The summed E-state index contributed by atoms with van der Waals surface area (Å²) in [5, 5.41) is 173. The van der Waals surface area contributed by atoms with Gasteiger partial charge in [0.05, 0.1) is 5.22 Å². The summed E-state index contributed by atoms with van der Waals surface area (Å²) in [7, 11) is 0. The summed E-state index contributed by atoms with van der Waals surface area (Å²) in [6.07, 6.45) is 12.7. The number of nitrogens with zero attached hydrogens (tertiary/aromatic N) is 66. The van der Waals surface area contributed by atoms with E-state index in [1.807, 2.05) is 52.8 Å². The van der Waals surface area contributed by atoms with Crippen molar-refractivity contribution in [2.24, 2.45) is 343 Å². The first-order chi connectivity index (χ1) is 61.5. The Morgan fingerprint density at radius 3 is 0.729 bits per heavy atom. The summed E-state index contributed by atoms with van der Waals surface area (Å²) in [5.74, 6) is 14.9. The quantitative estimate of drug-likeness (QED) is 0.00523. The first kappa shape index (κ1) is 182. The lowest BCUT2D eigenvalue weighted by molar-refractivity contribution is 0.400. The zero-order valence-corrected chi connectivity index (χ0v) is 66.2. The van der Waals surface area contributed by atoms with Crippen LogP contribution in [0.4, 0.5) is 26.3 Å². The molecule has 0 aliphatic heterocycles. The second-order valence-corrected chi connectivity index (χ2v) is 19.9. The van der Waals surface area contributed by atoms with E-state index in [1.54, 1.807) is 23.1 Å². The molecule has 4 aromatic rings. The molecule has 0 saturated carbocycles. The highest BCUT2D eigenvalue weighted by molar-refractivity contribution is 5.88. The molecule has 1 atom stereocenters. The van der Waals surface area contributed by atoms with Crippen LogP contribution in [-0.2, 0) is 44.9 Å². The molecule has 75 nitrogen and oxygen atoms in total. The second kappa shape index (κ2) is 140. The number of nitrogens with one attached hydrogen (secondary N) is 5. The van der Waals surface area contributed by atoms with Crippen molar-refractivity contribution in [1.82, 2.24) is 0 Å². The van der Waals surface area contributed by atoms with Crippen molar-refractivity contribution in [3.8, 4) is 0 Å². The number of fused-ring (bicyclic) bond motifs is 2. The number of hydrogen-bond acceptors (Lipinski definition) is 9. The molecular weight excluding hydrogens is 1920 g/mol. The van der Waals surface area contributed by atoms with Gasteiger partial charge in [-0.25, -0.2) is 26.3 Å². The molecule has 0 amide bonds. The van der Waals surface area contributed by atoms with Crippen LogP contribution in [0.15, 0.2) is 350 Å². The molecule has 812 valence electrons. The van der Waals surface area contributed by atoms with E-state index in [0.29, 0.717) is 64.8 Å². The standard InChI is InChI=1S/C17H20F2.C16H22F2.C12H16F2.18CH4.H2N22.H3N21.H4N12.H3N11.N6.HN3/c1-4-6-12-8-9-13-10-14(7-5-2)16(18)17(19)15(13)11(12)3;1-3-5-11-7-8-12-10-13(6-4-2)15(17)16(18)14(12)9-11;1-3-5-9-7-8-10(6-4-2)12(14)11(9)13;;;;;;;;;;;;;;;;;;;1-3-5-7-9-11-13-15-17-19-21-22-20-18-16-14-12-10-8-6-4-2;1-3-5-7-9-11-13-15-17-19-21-20-18-16-14-12-10-8-6-4-2;1-3-5-7-9-11-12-10-8-6-4-2;1-3-5-7-9-11-10-8-6-4-2;1-3-5-6-4-2;1-3-2/h8-10H,4-7H2,1-3H3;10-11H,3-9H2,1-2H3;7-8H,3-6H2,1-2H3;18*1H4;1-2H;(H3,1,2,5,6,9,10,13,14,17,18,21);(H2,1,4,5,8,9,12)(H2,2,3,6,7,10,11);(H3,1,2,5,6,9,10);;1H/b;;;;;;;;;;;;;;;;;;;;;3-1?,4-2?,7-5+,8-6+,11-9+,12-10+,15-13+,16-14+,19-17+,20-18+,22-21+;;;;;. The Labute approximate surface area is 830 Å². The van der Waals surface area contributed by atoms with Crippen molar-refractivity contribution < 1.29 is 26.3 Å². The Bertz CT molecular complexity index is 4690. The van der Waals surface area contributed by atoms with Gasteiger partial charge in [0.1, 0.15) is 0 Å². The molecule has 0 saturated heterocycles. The monoisotopic (exact) mass is 2060 g/mol. The third-order valence-corrected chi connectivity index (χ3v) is 12.3. The summed E-state index contributed by atoms with van der Waals surface area (Å²) < 4.78 is 83.1. The van der Waals surface area contributed by atoms with Crippen LogP contribution in [0.2, 0.25) is 0 Å². The lowest BCUT2D eigenvalue weighted by Crippen LogP contribution is -2.17. The average molecular weight is 2070 g/mol. The maximum absolute atomic E-state index is 14.3. The molecule has 4 aromatic carbocycles. The van der Waals surface area contributed by atoms with E-state index in [-0.39, 0.29) is 134 Å². The van der Waals surface area contributed by atoms with Crippen LogP contribution in [0.3, 0.4) is 0 Å². The van der Waals surface area contributed by atoms with E-state index in [9.17, 15) is 26.3 Å². The molecule has 0 radical (unpaired) electrons. The minimum Gasteiger partial charge on any atom is -0.303 e. The summed E-state index contributed by atoms with van der Waals surface area (Å²) in [4.78, 5) is 6.01. The maximum Gasteiger partial charge on any atom is 0.280 e. The summed E-state index contributed by atoms with van der Waals surface area (Å²) in [6, 6.07) is 11.0. The van der Waals surface area contributed by atoms with Crippen molar-refractivity contribution in [3.05, 3.63) is 147 Å². The number of rotatable bonds is 40. The van der Waals surface area contributed by atoms with E-state index in [0.717, 1.165) is 92.7 Å². The molecule has 0 fully saturated rings. The highest BCUT2D eigenvalue weighted by atomic mass is 19.2. The molecule has 0 bridgehead atoms. The van der Waals surface area contributed by atoms with Crippen LogP contribution < -0.4 is 23.4 Å². The lowest BCUT2D eigenvalue weighted by atomic mass is 9.80. The van der Waals surface area contributed by atoms with Gasteiger partial charge in [-0.1, -0.05) is 277 Å². The van der Waals surface area contributed by atoms with E-state index in [1.165, 1.54) is 0 Å². The molecule has 0 spiro atoms. The van der Waals surface area contributed by atoms with Crippen LogP contribution in [0.5, 0.6) is 0 Å². The van der Waals surface area contributed by atoms with Gasteiger partial charge in [0.25, 0.3) is 5.22 Å². The van der Waals surface area contributed by atoms with E-state index in [2.05, 4.69) is 360 Å². The number of azide groups is 2. The van der Waals surface area contributed by atoms with Gasteiger partial charge in [-0.05, 0) is 376 Å². The topological polar surface area (TPSA) is 1070 Å². The SMILES string of the molecule is C.C.C.C.C.C.C.C.C.C.C.C.C.C.C.C.C.C.CCCc1cc2c(c(F)c1F)CC(CCC)CC2.CCCc1cc2ccc(CCC)c(C)c2c(F)c1F.CCCc1ccc(CCC)c(F)c1F.N/N=N/N=N/N=N/N=N/N=N/N.N=N/N=N/N=N/N=N/N=N/N.N=N/N=N/N=N/N=N/N=N/N=N/N=N/N=N/N=N/N=N/N.N=N/N=N/N=N/N=N/N=N/N=N/N=N/N=N/N=N/N=N/N=N.[N-]=[N+]=N.[N-]=[N+]=NN=[N+]=[N-]. The van der Waals surface area contributed by atoms with Gasteiger partial charge in [0, 0.05) is 46.9 Å². The van der Waals surface area contributed by atoms with Gasteiger partial charge in [-0.15, -0.1) is 11.1 Å². The average Bonchev–Trinajstić information content (AvgIpc) is 0.806. The van der Waals surface area contributed by atoms with Crippen molar-refractivity contribution in [1.29, 1.82) is 27.7 Å². The molecule has 1 aliphatic rings. The molecule has 144 heavy (non-hydrogen) atoms. The van der Waals surface area contributed by atoms with Crippen LogP contribution in [0.25, 0.3) is 42.1 Å². The molecule has 81 heteroatoms. The Balaban J connectivity index is -0.0000000587. The molecule has 5 rings (SSSR count). The van der Waals surface area contributed by atoms with Crippen molar-refractivity contribution in [2.75, 3.05) is 0 Å². The van der Waals surface area contributed by atoms with Crippen LogP contribution >= 0.6 is 0 Å². The van der Waals surface area contributed by atoms with Gasteiger partial charge in [-0.3, -0.25) is 0 Å². The normalized spacial score (nSPS) is 11.4. The van der Waals surface area contributed by atoms with Gasteiger partial charge in [0.2, 0.25) is 0 Å². The smallest absolute Gasteiger partial charge is 0.280 e. The zero-order chi connectivity index (χ0) is 94.2. The lowest BCUT2D eigenvalue weighted by Gasteiger charge is -2.25. The minimum absolute atomic E-state index is 0. The fraction of sp³-hybridized carbons (Fsp3) is 0.651. The van der Waals surface area contributed by atoms with Crippen LogP contribution in [0.1, 0.15) is 271 Å². The highest BCUT2D eigenvalue weighted by Crippen LogP contribution is 2.34. The van der Waals surface area contributed by atoms with Crippen molar-refractivity contribution in [2.45, 2.75) is 278 Å². The van der Waals surface area contributed by atoms with Crippen molar-refractivity contribution in [3.63, 3.8) is 0 Å². The Morgan fingerprint density at radius 1 is 0.292 bits per heavy atom. The van der Waals surface area contributed by atoms with Gasteiger partial charge >= 0.3 is 0 Å². The zero-order valence-electron chi connectivity index (χ0n) is 66.2. The molecular formula is C63H143F6N75. The molecule has 0 aromatic heterocycles. The number of aryl methyl sites for hydroxylation is 7. The van der Waals surface area contributed by atoms with Gasteiger partial charge < -0.3 is 23.4 Å². The summed E-state index contributed by atoms with van der Waals surface area (Å²) in [6.45, 7) is 14.0. The molecule has 1 unspecified atom stereocenters. The molecule has 13 N–H and O–H groups in total. The summed E-state index contributed by atoms with van der Waals surface area (Å²) >= 11 is 0. The largest absolute Gasteiger partial charge is 0.303 e. The fourth-order valence-electron chi connectivity index (χ4n) is 8.27. The number of benzene rings is 4. The van der Waals surface area contributed by atoms with Gasteiger partial charge in [0.15, 0.2) is 34.9 Å². The third-order valence-electron chi connectivity index (χ3n) is 12.3. The third kappa shape index (κ3) is 101. The van der Waals surface area contributed by atoms with Crippen LogP contribution in [-0.4, -0.2) is 0 Å². The Morgan fingerprint density at radius 2 is 0.500 bits per heavy atom. The second-order valence-electron chi connectivity index (χ2n) is 19.9. The number of nitrogens with two attached hydrogens (primary N) is 4. The predicted molar refractivity (Wildman–Crippen MR) is 519 cm³/mol.